The highest BCUT2D eigenvalue weighted by molar-refractivity contribution is 7.10. The molecule has 1 atom stereocenters. The monoisotopic (exact) mass is 273 g/mol. The Hall–Kier alpha value is -1.23. The topological polar surface area (TPSA) is 42.1 Å². The van der Waals surface area contributed by atoms with E-state index in [4.69, 9.17) is 5.73 Å². The van der Waals surface area contributed by atoms with Crippen molar-refractivity contribution in [3.8, 4) is 0 Å². The van der Waals surface area contributed by atoms with Gasteiger partial charge in [-0.05, 0) is 42.5 Å². The van der Waals surface area contributed by atoms with Crippen LogP contribution in [0.3, 0.4) is 0 Å². The molecule has 0 saturated heterocycles. The minimum absolute atomic E-state index is 0.485. The van der Waals surface area contributed by atoms with Gasteiger partial charge in [-0.2, -0.15) is 0 Å². The van der Waals surface area contributed by atoms with Crippen LogP contribution in [-0.2, 0) is 19.5 Å². The van der Waals surface area contributed by atoms with E-state index in [-0.39, 0.29) is 0 Å². The molecule has 1 aliphatic heterocycles. The van der Waals surface area contributed by atoms with E-state index in [9.17, 15) is 0 Å². The number of pyridine rings is 1. The van der Waals surface area contributed by atoms with Gasteiger partial charge in [0.15, 0.2) is 0 Å². The molecule has 0 saturated carbocycles. The molecule has 2 aromatic heterocycles. The Morgan fingerprint density at radius 2 is 2.21 bits per heavy atom. The standard InChI is InChI=1S/C15H19N3S/c1-11-14-6-8-19-15(14)5-7-18(11)10-13-4-2-3-12(9-16)17-13/h2-4,6,8,11H,5,7,9-10,16H2,1H3. The smallest absolute Gasteiger partial charge is 0.0548 e. The van der Waals surface area contributed by atoms with E-state index >= 15 is 0 Å². The first-order valence-corrected chi connectivity index (χ1v) is 7.61. The lowest BCUT2D eigenvalue weighted by molar-refractivity contribution is 0.189. The third-order valence-electron chi connectivity index (χ3n) is 3.84. The van der Waals surface area contributed by atoms with Gasteiger partial charge in [-0.3, -0.25) is 9.88 Å². The summed E-state index contributed by atoms with van der Waals surface area (Å²) >= 11 is 1.88. The third-order valence-corrected chi connectivity index (χ3v) is 4.84. The highest BCUT2D eigenvalue weighted by Gasteiger charge is 2.24. The molecule has 19 heavy (non-hydrogen) atoms. The lowest BCUT2D eigenvalue weighted by atomic mass is 10.0. The SMILES string of the molecule is CC1c2ccsc2CCN1Cc1cccc(CN)n1. The summed E-state index contributed by atoms with van der Waals surface area (Å²) in [6.45, 7) is 4.82. The maximum atomic E-state index is 5.65. The summed E-state index contributed by atoms with van der Waals surface area (Å²) in [4.78, 5) is 8.65. The zero-order chi connectivity index (χ0) is 13.2. The van der Waals surface area contributed by atoms with Crippen LogP contribution in [0.25, 0.3) is 0 Å². The predicted molar refractivity (Wildman–Crippen MR) is 79.0 cm³/mol. The molecular formula is C15H19N3S. The molecule has 0 aliphatic carbocycles. The second-order valence-corrected chi connectivity index (χ2v) is 6.02. The highest BCUT2D eigenvalue weighted by Crippen LogP contribution is 2.33. The number of aromatic nitrogens is 1. The van der Waals surface area contributed by atoms with Crippen molar-refractivity contribution >= 4 is 11.3 Å². The largest absolute Gasteiger partial charge is 0.325 e. The summed E-state index contributed by atoms with van der Waals surface area (Å²) in [5.74, 6) is 0. The van der Waals surface area contributed by atoms with Gasteiger partial charge in [-0.25, -0.2) is 0 Å². The molecule has 0 aromatic carbocycles. The molecule has 0 bridgehead atoms. The fourth-order valence-corrected chi connectivity index (χ4v) is 3.68. The molecule has 4 heteroatoms. The summed E-state index contributed by atoms with van der Waals surface area (Å²) in [5, 5.41) is 2.21. The van der Waals surface area contributed by atoms with E-state index < -0.39 is 0 Å². The van der Waals surface area contributed by atoms with Gasteiger partial charge < -0.3 is 5.73 Å². The van der Waals surface area contributed by atoms with Gasteiger partial charge in [0.25, 0.3) is 0 Å². The van der Waals surface area contributed by atoms with Crippen molar-refractivity contribution in [2.75, 3.05) is 6.54 Å². The predicted octanol–water partition coefficient (Wildman–Crippen LogP) is 2.72. The first-order chi connectivity index (χ1) is 9.28. The molecule has 2 aromatic rings. The van der Waals surface area contributed by atoms with Crippen LogP contribution >= 0.6 is 11.3 Å². The summed E-state index contributed by atoms with van der Waals surface area (Å²) in [6, 6.07) is 8.88. The van der Waals surface area contributed by atoms with Crippen LogP contribution in [0.5, 0.6) is 0 Å². The van der Waals surface area contributed by atoms with Crippen molar-refractivity contribution in [3.05, 3.63) is 51.5 Å². The van der Waals surface area contributed by atoms with Gasteiger partial charge in [0.2, 0.25) is 0 Å². The van der Waals surface area contributed by atoms with Crippen LogP contribution in [0.2, 0.25) is 0 Å². The number of nitrogens with two attached hydrogens (primary N) is 1. The van der Waals surface area contributed by atoms with E-state index in [1.54, 1.807) is 4.88 Å². The van der Waals surface area contributed by atoms with E-state index in [0.717, 1.165) is 30.9 Å². The Bertz CT molecular complexity index is 564. The first kappa shape index (κ1) is 12.8. The van der Waals surface area contributed by atoms with Gasteiger partial charge in [0, 0.05) is 30.6 Å². The average molecular weight is 273 g/mol. The lowest BCUT2D eigenvalue weighted by Crippen LogP contribution is -2.33. The van der Waals surface area contributed by atoms with Crippen molar-refractivity contribution in [1.82, 2.24) is 9.88 Å². The van der Waals surface area contributed by atoms with Crippen LogP contribution < -0.4 is 5.73 Å². The summed E-state index contributed by atoms with van der Waals surface area (Å²) in [6.07, 6.45) is 1.16. The number of fused-ring (bicyclic) bond motifs is 1. The molecule has 0 radical (unpaired) electrons. The van der Waals surface area contributed by atoms with Crippen LogP contribution in [0.4, 0.5) is 0 Å². The van der Waals surface area contributed by atoms with Crippen LogP contribution in [-0.4, -0.2) is 16.4 Å². The molecule has 0 spiro atoms. The zero-order valence-electron chi connectivity index (χ0n) is 11.2. The second-order valence-electron chi connectivity index (χ2n) is 5.02. The van der Waals surface area contributed by atoms with Crippen LogP contribution in [0.1, 0.15) is 34.8 Å². The second kappa shape index (κ2) is 5.41. The maximum Gasteiger partial charge on any atom is 0.0548 e. The van der Waals surface area contributed by atoms with Crippen molar-refractivity contribution in [2.45, 2.75) is 32.5 Å². The fraction of sp³-hybridized carbons (Fsp3) is 0.400. The number of hydrogen-bond donors (Lipinski definition) is 1. The molecule has 3 rings (SSSR count). The Morgan fingerprint density at radius 3 is 3.05 bits per heavy atom. The molecule has 2 N–H and O–H groups in total. The van der Waals surface area contributed by atoms with Crippen molar-refractivity contribution in [1.29, 1.82) is 0 Å². The maximum absolute atomic E-state index is 5.65. The van der Waals surface area contributed by atoms with Crippen molar-refractivity contribution in [3.63, 3.8) is 0 Å². The third kappa shape index (κ3) is 2.56. The fourth-order valence-electron chi connectivity index (χ4n) is 2.72. The van der Waals surface area contributed by atoms with Gasteiger partial charge in [0.05, 0.1) is 11.4 Å². The molecule has 3 heterocycles. The zero-order valence-corrected chi connectivity index (χ0v) is 12.0. The summed E-state index contributed by atoms with van der Waals surface area (Å²) < 4.78 is 0. The lowest BCUT2D eigenvalue weighted by Gasteiger charge is -2.33. The van der Waals surface area contributed by atoms with Crippen molar-refractivity contribution in [2.24, 2.45) is 5.73 Å². The van der Waals surface area contributed by atoms with Gasteiger partial charge in [0.1, 0.15) is 0 Å². The number of nitrogens with zero attached hydrogens (tertiary/aromatic N) is 2. The highest BCUT2D eigenvalue weighted by atomic mass is 32.1. The van der Waals surface area contributed by atoms with Crippen LogP contribution in [0.15, 0.2) is 29.6 Å². The molecule has 1 aliphatic rings. The Kier molecular flexibility index (Phi) is 3.64. The molecule has 100 valence electrons. The van der Waals surface area contributed by atoms with E-state index in [0.29, 0.717) is 12.6 Å². The number of thiophene rings is 1. The van der Waals surface area contributed by atoms with Gasteiger partial charge in [-0.15, -0.1) is 11.3 Å². The quantitative estimate of drug-likeness (QED) is 0.935. The average Bonchev–Trinajstić information content (AvgIpc) is 2.91. The molecular weight excluding hydrogens is 254 g/mol. The van der Waals surface area contributed by atoms with E-state index in [1.807, 2.05) is 17.4 Å². The minimum Gasteiger partial charge on any atom is -0.325 e. The molecule has 0 fully saturated rings. The number of rotatable bonds is 3. The number of hydrogen-bond acceptors (Lipinski definition) is 4. The molecule has 1 unspecified atom stereocenters. The summed E-state index contributed by atoms with van der Waals surface area (Å²) in [5.41, 5.74) is 9.24. The van der Waals surface area contributed by atoms with Gasteiger partial charge >= 0.3 is 0 Å². The van der Waals surface area contributed by atoms with E-state index in [2.05, 4.69) is 40.4 Å². The van der Waals surface area contributed by atoms with Gasteiger partial charge in [-0.1, -0.05) is 6.07 Å². The van der Waals surface area contributed by atoms with E-state index in [1.165, 1.54) is 5.56 Å². The first-order valence-electron chi connectivity index (χ1n) is 6.73. The van der Waals surface area contributed by atoms with Crippen LogP contribution in [0, 0.1) is 0 Å². The Morgan fingerprint density at radius 1 is 1.37 bits per heavy atom. The Balaban J connectivity index is 1.77. The minimum atomic E-state index is 0.485. The molecule has 0 amide bonds. The Labute approximate surface area is 118 Å². The normalized spacial score (nSPS) is 19.4. The molecule has 3 nitrogen and oxygen atoms in total. The summed E-state index contributed by atoms with van der Waals surface area (Å²) in [7, 11) is 0. The van der Waals surface area contributed by atoms with Crippen molar-refractivity contribution < 1.29 is 0 Å².